The number of nitrogens with one attached hydrogen (secondary N) is 1. The maximum Gasteiger partial charge on any atom is 0.123 e. The lowest BCUT2D eigenvalue weighted by molar-refractivity contribution is 0.140. The lowest BCUT2D eigenvalue weighted by atomic mass is 10.1. The molecule has 0 aliphatic carbocycles. The summed E-state index contributed by atoms with van der Waals surface area (Å²) in [6.45, 7) is 5.60. The van der Waals surface area contributed by atoms with Gasteiger partial charge in [-0.05, 0) is 36.1 Å². The molecule has 2 rings (SSSR count). The van der Waals surface area contributed by atoms with Gasteiger partial charge in [0, 0.05) is 24.5 Å². The highest BCUT2D eigenvalue weighted by atomic mass is 35.5. The van der Waals surface area contributed by atoms with E-state index < -0.39 is 0 Å². The van der Waals surface area contributed by atoms with E-state index in [9.17, 15) is 5.11 Å². The lowest BCUT2D eigenvalue weighted by Gasteiger charge is -2.16. The van der Waals surface area contributed by atoms with Gasteiger partial charge in [0.2, 0.25) is 0 Å². The van der Waals surface area contributed by atoms with Crippen molar-refractivity contribution in [2.45, 2.75) is 38.9 Å². The van der Waals surface area contributed by atoms with Crippen LogP contribution >= 0.6 is 11.6 Å². The van der Waals surface area contributed by atoms with Crippen LogP contribution in [0.5, 0.6) is 5.75 Å². The Balaban J connectivity index is 1.72. The predicted octanol–water partition coefficient (Wildman–Crippen LogP) is 2.64. The molecule has 1 aliphatic heterocycles. The van der Waals surface area contributed by atoms with Crippen LogP contribution in [0.4, 0.5) is 0 Å². The Bertz CT molecular complexity index is 423. The SMILES string of the molecule is CC(C)CC(O)CNCC1Cc2cc(Cl)ccc2O1. The normalized spacial score (nSPS) is 19.3. The predicted molar refractivity (Wildman–Crippen MR) is 77.9 cm³/mol. The van der Waals surface area contributed by atoms with Crippen LogP contribution in [0.15, 0.2) is 18.2 Å². The molecule has 2 unspecified atom stereocenters. The van der Waals surface area contributed by atoms with Gasteiger partial charge in [0.15, 0.2) is 0 Å². The molecule has 2 atom stereocenters. The molecule has 0 bridgehead atoms. The number of benzene rings is 1. The van der Waals surface area contributed by atoms with Crippen LogP contribution in [0.3, 0.4) is 0 Å². The first-order valence-electron chi connectivity index (χ1n) is 6.88. The highest BCUT2D eigenvalue weighted by Crippen LogP contribution is 2.30. The van der Waals surface area contributed by atoms with Gasteiger partial charge in [-0.3, -0.25) is 0 Å². The third-order valence-corrected chi connectivity index (χ3v) is 3.49. The molecule has 4 heteroatoms. The van der Waals surface area contributed by atoms with E-state index in [0.717, 1.165) is 30.2 Å². The van der Waals surface area contributed by atoms with Crippen LogP contribution in [0.25, 0.3) is 0 Å². The van der Waals surface area contributed by atoms with Gasteiger partial charge >= 0.3 is 0 Å². The first-order valence-corrected chi connectivity index (χ1v) is 7.26. The molecule has 0 aromatic heterocycles. The zero-order chi connectivity index (χ0) is 13.8. The number of rotatable bonds is 6. The van der Waals surface area contributed by atoms with Gasteiger partial charge in [0.1, 0.15) is 11.9 Å². The van der Waals surface area contributed by atoms with Crippen LogP contribution in [0.2, 0.25) is 5.02 Å². The van der Waals surface area contributed by atoms with Crippen molar-refractivity contribution < 1.29 is 9.84 Å². The topological polar surface area (TPSA) is 41.5 Å². The molecule has 0 fully saturated rings. The lowest BCUT2D eigenvalue weighted by Crippen LogP contribution is -2.35. The van der Waals surface area contributed by atoms with Crippen molar-refractivity contribution in [3.63, 3.8) is 0 Å². The van der Waals surface area contributed by atoms with E-state index in [-0.39, 0.29) is 12.2 Å². The summed E-state index contributed by atoms with van der Waals surface area (Å²) >= 11 is 5.96. The average molecular weight is 284 g/mol. The third kappa shape index (κ3) is 4.37. The molecule has 0 saturated carbocycles. The summed E-state index contributed by atoms with van der Waals surface area (Å²) in [6, 6.07) is 5.73. The Hall–Kier alpha value is -0.770. The fourth-order valence-corrected chi connectivity index (χ4v) is 2.64. The van der Waals surface area contributed by atoms with Crippen molar-refractivity contribution in [1.29, 1.82) is 0 Å². The Morgan fingerprint density at radius 1 is 1.47 bits per heavy atom. The quantitative estimate of drug-likeness (QED) is 0.843. The number of ether oxygens (including phenoxy) is 1. The van der Waals surface area contributed by atoms with Gasteiger partial charge < -0.3 is 15.2 Å². The largest absolute Gasteiger partial charge is 0.488 e. The van der Waals surface area contributed by atoms with Crippen molar-refractivity contribution >= 4 is 11.6 Å². The molecule has 106 valence electrons. The summed E-state index contributed by atoms with van der Waals surface area (Å²) in [6.07, 6.45) is 1.57. The number of fused-ring (bicyclic) bond motifs is 1. The zero-order valence-corrected chi connectivity index (χ0v) is 12.3. The van der Waals surface area contributed by atoms with E-state index in [2.05, 4.69) is 19.2 Å². The highest BCUT2D eigenvalue weighted by Gasteiger charge is 2.22. The van der Waals surface area contributed by atoms with Gasteiger partial charge in [0.25, 0.3) is 0 Å². The van der Waals surface area contributed by atoms with Crippen molar-refractivity contribution in [2.75, 3.05) is 13.1 Å². The molecule has 19 heavy (non-hydrogen) atoms. The minimum atomic E-state index is -0.279. The number of hydrogen-bond donors (Lipinski definition) is 2. The van der Waals surface area contributed by atoms with Crippen LogP contribution in [0.1, 0.15) is 25.8 Å². The molecule has 2 N–H and O–H groups in total. The summed E-state index contributed by atoms with van der Waals surface area (Å²) in [5, 5.41) is 13.8. The van der Waals surface area contributed by atoms with E-state index in [4.69, 9.17) is 16.3 Å². The maximum atomic E-state index is 9.78. The number of halogens is 1. The van der Waals surface area contributed by atoms with Gasteiger partial charge in [0.05, 0.1) is 6.10 Å². The van der Waals surface area contributed by atoms with E-state index in [1.807, 2.05) is 18.2 Å². The van der Waals surface area contributed by atoms with Crippen molar-refractivity contribution in [2.24, 2.45) is 5.92 Å². The number of hydrogen-bond acceptors (Lipinski definition) is 3. The average Bonchev–Trinajstić information content (AvgIpc) is 2.69. The fraction of sp³-hybridized carbons (Fsp3) is 0.600. The van der Waals surface area contributed by atoms with Crippen LogP contribution in [0, 0.1) is 5.92 Å². The molecule has 1 aliphatic rings. The highest BCUT2D eigenvalue weighted by molar-refractivity contribution is 6.30. The summed E-state index contributed by atoms with van der Waals surface area (Å²) in [5.41, 5.74) is 1.17. The van der Waals surface area contributed by atoms with E-state index in [1.54, 1.807) is 0 Å². The molecule has 1 heterocycles. The second-order valence-electron chi connectivity index (χ2n) is 5.64. The van der Waals surface area contributed by atoms with E-state index in [1.165, 1.54) is 5.56 Å². The first kappa shape index (κ1) is 14.6. The summed E-state index contributed by atoms with van der Waals surface area (Å²) in [4.78, 5) is 0. The van der Waals surface area contributed by atoms with E-state index in [0.29, 0.717) is 12.5 Å². The van der Waals surface area contributed by atoms with Crippen molar-refractivity contribution in [1.82, 2.24) is 5.32 Å². The number of aliphatic hydroxyl groups excluding tert-OH is 1. The molecule has 3 nitrogen and oxygen atoms in total. The summed E-state index contributed by atoms with van der Waals surface area (Å²) < 4.78 is 5.82. The molecular formula is C15H22ClNO2. The Morgan fingerprint density at radius 2 is 2.26 bits per heavy atom. The maximum absolute atomic E-state index is 9.78. The minimum absolute atomic E-state index is 0.139. The smallest absolute Gasteiger partial charge is 0.123 e. The molecule has 0 amide bonds. The molecular weight excluding hydrogens is 262 g/mol. The minimum Gasteiger partial charge on any atom is -0.488 e. The van der Waals surface area contributed by atoms with Crippen LogP contribution in [-0.4, -0.2) is 30.4 Å². The van der Waals surface area contributed by atoms with Gasteiger partial charge in [-0.2, -0.15) is 0 Å². The second-order valence-corrected chi connectivity index (χ2v) is 6.07. The summed E-state index contributed by atoms with van der Waals surface area (Å²) in [7, 11) is 0. The third-order valence-electron chi connectivity index (χ3n) is 3.26. The van der Waals surface area contributed by atoms with Crippen molar-refractivity contribution in [3.8, 4) is 5.75 Å². The molecule has 0 saturated heterocycles. The fourth-order valence-electron chi connectivity index (χ4n) is 2.44. The molecule has 1 aromatic rings. The standard InChI is InChI=1S/C15H22ClNO2/c1-10(2)5-13(18)8-17-9-14-7-11-6-12(16)3-4-15(11)19-14/h3-4,6,10,13-14,17-18H,5,7-9H2,1-2H3. The monoisotopic (exact) mass is 283 g/mol. The van der Waals surface area contributed by atoms with Crippen molar-refractivity contribution in [3.05, 3.63) is 28.8 Å². The summed E-state index contributed by atoms with van der Waals surface area (Å²) in [5.74, 6) is 1.45. The molecule has 0 spiro atoms. The number of aliphatic hydroxyl groups is 1. The Kier molecular flexibility index (Phi) is 5.08. The van der Waals surface area contributed by atoms with Gasteiger partial charge in [-0.15, -0.1) is 0 Å². The zero-order valence-electron chi connectivity index (χ0n) is 11.5. The Morgan fingerprint density at radius 3 is 3.00 bits per heavy atom. The van der Waals surface area contributed by atoms with Crippen LogP contribution < -0.4 is 10.1 Å². The second kappa shape index (κ2) is 6.60. The molecule has 1 aromatic carbocycles. The van der Waals surface area contributed by atoms with Gasteiger partial charge in [-0.1, -0.05) is 25.4 Å². The first-order chi connectivity index (χ1) is 9.04. The molecule has 0 radical (unpaired) electrons. The van der Waals surface area contributed by atoms with E-state index >= 15 is 0 Å². The van der Waals surface area contributed by atoms with Crippen LogP contribution in [-0.2, 0) is 6.42 Å². The Labute approximate surface area is 119 Å². The van der Waals surface area contributed by atoms with Gasteiger partial charge in [-0.25, -0.2) is 0 Å².